The fraction of sp³-hybridized carbons (Fsp3) is 0.429. The number of carboxylic acid groups (broad SMARTS) is 1. The average molecular weight is 309 g/mol. The number of hydrogen-bond donors (Lipinski definition) is 2. The molecule has 1 aliphatic heterocycles. The third kappa shape index (κ3) is 3.60. The van der Waals surface area contributed by atoms with Crippen molar-refractivity contribution in [3.05, 3.63) is 24.3 Å². The number of anilines is 2. The van der Waals surface area contributed by atoms with E-state index < -0.39 is 12.0 Å². The first-order chi connectivity index (χ1) is 10.0. The second-order valence-electron chi connectivity index (χ2n) is 4.96. The van der Waals surface area contributed by atoms with Gasteiger partial charge in [-0.1, -0.05) is 12.1 Å². The lowest BCUT2D eigenvalue weighted by atomic mass is 10.2. The zero-order valence-corrected chi connectivity index (χ0v) is 12.9. The van der Waals surface area contributed by atoms with Crippen LogP contribution in [-0.4, -0.2) is 60.2 Å². The van der Waals surface area contributed by atoms with Crippen molar-refractivity contribution in [2.75, 3.05) is 42.4 Å². The first-order valence-corrected chi connectivity index (χ1v) is 7.80. The number of nitrogens with zero attached hydrogens (tertiary/aromatic N) is 2. The summed E-state index contributed by atoms with van der Waals surface area (Å²) in [5.41, 5.74) is 1.55. The van der Waals surface area contributed by atoms with Gasteiger partial charge in [0.2, 0.25) is 0 Å². The number of urea groups is 1. The number of carbonyl (C=O) groups is 2. The molecule has 1 unspecified atom stereocenters. The Morgan fingerprint density at radius 3 is 2.76 bits per heavy atom. The van der Waals surface area contributed by atoms with Crippen LogP contribution in [0.3, 0.4) is 0 Å². The third-order valence-corrected chi connectivity index (χ3v) is 4.32. The molecule has 7 heteroatoms. The number of nitrogens with one attached hydrogen (secondary N) is 1. The molecule has 2 N–H and O–H groups in total. The summed E-state index contributed by atoms with van der Waals surface area (Å²) < 4.78 is 0. The molecule has 1 aliphatic rings. The molecule has 2 rings (SSSR count). The maximum atomic E-state index is 12.4. The summed E-state index contributed by atoms with van der Waals surface area (Å²) >= 11 is 1.56. The van der Waals surface area contributed by atoms with E-state index >= 15 is 0 Å². The summed E-state index contributed by atoms with van der Waals surface area (Å²) in [6.45, 7) is 0.442. The molecule has 2 amide bonds. The molecule has 1 saturated heterocycles. The molecular formula is C14H19N3O3S. The minimum absolute atomic E-state index is 0.364. The fourth-order valence-electron chi connectivity index (χ4n) is 2.21. The van der Waals surface area contributed by atoms with Gasteiger partial charge in [0.15, 0.2) is 0 Å². The van der Waals surface area contributed by atoms with Gasteiger partial charge < -0.3 is 20.2 Å². The molecule has 114 valence electrons. The molecule has 0 saturated carbocycles. The molecule has 6 nitrogen and oxygen atoms in total. The van der Waals surface area contributed by atoms with Crippen LogP contribution in [0.15, 0.2) is 24.3 Å². The lowest BCUT2D eigenvalue weighted by molar-refractivity contribution is -0.141. The van der Waals surface area contributed by atoms with E-state index in [1.54, 1.807) is 11.8 Å². The fourth-order valence-corrected chi connectivity index (χ4v) is 3.25. The molecule has 0 aliphatic carbocycles. The topological polar surface area (TPSA) is 72.9 Å². The van der Waals surface area contributed by atoms with E-state index in [9.17, 15) is 14.7 Å². The van der Waals surface area contributed by atoms with Crippen LogP contribution in [0.4, 0.5) is 16.2 Å². The zero-order valence-electron chi connectivity index (χ0n) is 12.1. The summed E-state index contributed by atoms with van der Waals surface area (Å²) in [6.07, 6.45) is 0. The standard InChI is InChI=1S/C14H19N3O3S/c1-16(2)11-6-4-3-5-10(11)15-14(20)17-7-8-21-9-12(17)13(18)19/h3-6,12H,7-9H2,1-2H3,(H,15,20)(H,18,19). The highest BCUT2D eigenvalue weighted by Crippen LogP contribution is 2.25. The van der Waals surface area contributed by atoms with Gasteiger partial charge in [0, 0.05) is 32.1 Å². The molecule has 0 aromatic heterocycles. The second-order valence-corrected chi connectivity index (χ2v) is 6.11. The summed E-state index contributed by atoms with van der Waals surface area (Å²) in [4.78, 5) is 26.9. The van der Waals surface area contributed by atoms with Crippen molar-refractivity contribution in [3.63, 3.8) is 0 Å². The van der Waals surface area contributed by atoms with Gasteiger partial charge in [-0.15, -0.1) is 0 Å². The highest BCUT2D eigenvalue weighted by atomic mass is 32.2. The van der Waals surface area contributed by atoms with Crippen LogP contribution < -0.4 is 10.2 Å². The Morgan fingerprint density at radius 1 is 1.38 bits per heavy atom. The molecule has 1 heterocycles. The molecule has 0 bridgehead atoms. The number of hydrogen-bond acceptors (Lipinski definition) is 4. The van der Waals surface area contributed by atoms with Gasteiger partial charge in [0.25, 0.3) is 0 Å². The highest BCUT2D eigenvalue weighted by Gasteiger charge is 2.32. The van der Waals surface area contributed by atoms with Gasteiger partial charge in [-0.3, -0.25) is 0 Å². The Labute approximate surface area is 128 Å². The van der Waals surface area contributed by atoms with Gasteiger partial charge in [0.05, 0.1) is 11.4 Å². The maximum absolute atomic E-state index is 12.4. The van der Waals surface area contributed by atoms with Crippen molar-refractivity contribution >= 4 is 35.1 Å². The van der Waals surface area contributed by atoms with E-state index in [1.165, 1.54) is 4.90 Å². The van der Waals surface area contributed by atoms with Crippen LogP contribution in [0, 0.1) is 0 Å². The number of carbonyl (C=O) groups excluding carboxylic acids is 1. The molecule has 0 radical (unpaired) electrons. The number of aliphatic carboxylic acids is 1. The summed E-state index contributed by atoms with van der Waals surface area (Å²) in [5.74, 6) is 0.225. The van der Waals surface area contributed by atoms with Gasteiger partial charge in [-0.25, -0.2) is 9.59 Å². The smallest absolute Gasteiger partial charge is 0.327 e. The molecule has 1 fully saturated rings. The largest absolute Gasteiger partial charge is 0.480 e. The lowest BCUT2D eigenvalue weighted by Crippen LogP contribution is -2.51. The number of rotatable bonds is 3. The van der Waals surface area contributed by atoms with Gasteiger partial charge in [0.1, 0.15) is 6.04 Å². The third-order valence-electron chi connectivity index (χ3n) is 3.30. The SMILES string of the molecule is CN(C)c1ccccc1NC(=O)N1CCSCC1C(=O)O. The predicted molar refractivity (Wildman–Crippen MR) is 85.2 cm³/mol. The Morgan fingerprint density at radius 2 is 2.10 bits per heavy atom. The van der Waals surface area contributed by atoms with Crippen molar-refractivity contribution in [1.82, 2.24) is 4.90 Å². The first-order valence-electron chi connectivity index (χ1n) is 6.65. The Balaban J connectivity index is 2.15. The molecule has 1 aromatic carbocycles. The van der Waals surface area contributed by atoms with Crippen LogP contribution in [0.5, 0.6) is 0 Å². The molecule has 1 atom stereocenters. The van der Waals surface area contributed by atoms with Crippen LogP contribution in [0.1, 0.15) is 0 Å². The zero-order chi connectivity index (χ0) is 15.4. The predicted octanol–water partition coefficient (Wildman–Crippen LogP) is 1.79. The van der Waals surface area contributed by atoms with Crippen molar-refractivity contribution in [2.24, 2.45) is 0 Å². The number of thioether (sulfide) groups is 1. The van der Waals surface area contributed by atoms with Crippen molar-refractivity contribution < 1.29 is 14.7 Å². The van der Waals surface area contributed by atoms with Gasteiger partial charge >= 0.3 is 12.0 Å². The molecule has 21 heavy (non-hydrogen) atoms. The Bertz CT molecular complexity index is 536. The van der Waals surface area contributed by atoms with Gasteiger partial charge in [-0.2, -0.15) is 11.8 Å². The van der Waals surface area contributed by atoms with E-state index in [4.69, 9.17) is 0 Å². The quantitative estimate of drug-likeness (QED) is 0.890. The molecule has 0 spiro atoms. The number of benzene rings is 1. The van der Waals surface area contributed by atoms with E-state index in [0.29, 0.717) is 18.0 Å². The van der Waals surface area contributed by atoms with E-state index in [0.717, 1.165) is 11.4 Å². The summed E-state index contributed by atoms with van der Waals surface area (Å²) in [6, 6.07) is 6.30. The van der Waals surface area contributed by atoms with E-state index in [2.05, 4.69) is 5.32 Å². The minimum Gasteiger partial charge on any atom is -0.480 e. The summed E-state index contributed by atoms with van der Waals surface area (Å²) in [5, 5.41) is 12.0. The van der Waals surface area contributed by atoms with Gasteiger partial charge in [-0.05, 0) is 12.1 Å². The second kappa shape index (κ2) is 6.71. The molecular weight excluding hydrogens is 290 g/mol. The van der Waals surface area contributed by atoms with Crippen LogP contribution in [0.2, 0.25) is 0 Å². The Kier molecular flexibility index (Phi) is 4.95. The monoisotopic (exact) mass is 309 g/mol. The molecule has 1 aromatic rings. The average Bonchev–Trinajstić information content (AvgIpc) is 2.47. The van der Waals surface area contributed by atoms with Crippen LogP contribution in [-0.2, 0) is 4.79 Å². The van der Waals surface area contributed by atoms with E-state index in [1.807, 2.05) is 43.3 Å². The van der Waals surface area contributed by atoms with E-state index in [-0.39, 0.29) is 6.03 Å². The summed E-state index contributed by atoms with van der Waals surface area (Å²) in [7, 11) is 3.78. The Hall–Kier alpha value is -1.89. The van der Waals surface area contributed by atoms with Crippen LogP contribution in [0.25, 0.3) is 0 Å². The normalized spacial score (nSPS) is 18.2. The van der Waals surface area contributed by atoms with Crippen molar-refractivity contribution in [1.29, 1.82) is 0 Å². The van der Waals surface area contributed by atoms with Crippen molar-refractivity contribution in [2.45, 2.75) is 6.04 Å². The minimum atomic E-state index is -0.960. The maximum Gasteiger partial charge on any atom is 0.327 e. The first kappa shape index (κ1) is 15.5. The van der Waals surface area contributed by atoms with Crippen molar-refractivity contribution in [3.8, 4) is 0 Å². The lowest BCUT2D eigenvalue weighted by Gasteiger charge is -2.33. The number of amides is 2. The van der Waals surface area contributed by atoms with Crippen LogP contribution >= 0.6 is 11.8 Å². The highest BCUT2D eigenvalue weighted by molar-refractivity contribution is 7.99. The number of carboxylic acids is 1. The number of para-hydroxylation sites is 2.